The number of amides is 3. The van der Waals surface area contributed by atoms with Crippen molar-refractivity contribution < 1.29 is 14.0 Å². The van der Waals surface area contributed by atoms with Crippen molar-refractivity contribution in [2.45, 2.75) is 12.8 Å². The van der Waals surface area contributed by atoms with Gasteiger partial charge in [-0.2, -0.15) is 0 Å². The predicted molar refractivity (Wildman–Crippen MR) is 82.9 cm³/mol. The molecule has 1 aromatic rings. The molecule has 0 spiro atoms. The second-order valence-corrected chi connectivity index (χ2v) is 5.26. The molecule has 1 atom stereocenters. The van der Waals surface area contributed by atoms with Crippen molar-refractivity contribution in [3.05, 3.63) is 42.7 Å². The zero-order valence-corrected chi connectivity index (χ0v) is 12.3. The second kappa shape index (κ2) is 7.59. The molecule has 0 aromatic heterocycles. The van der Waals surface area contributed by atoms with Crippen LogP contribution in [0.5, 0.6) is 0 Å². The molecular weight excluding hydrogens is 285 g/mol. The first kappa shape index (κ1) is 16.0. The van der Waals surface area contributed by atoms with Crippen LogP contribution in [-0.4, -0.2) is 36.5 Å². The lowest BCUT2D eigenvalue weighted by Gasteiger charge is -2.32. The monoisotopic (exact) mass is 305 g/mol. The van der Waals surface area contributed by atoms with E-state index in [0.717, 1.165) is 12.8 Å². The van der Waals surface area contributed by atoms with Crippen LogP contribution in [0, 0.1) is 11.7 Å². The smallest absolute Gasteiger partial charge is 0.321 e. The van der Waals surface area contributed by atoms with Gasteiger partial charge in [0.25, 0.3) is 0 Å². The van der Waals surface area contributed by atoms with E-state index >= 15 is 0 Å². The third-order valence-corrected chi connectivity index (χ3v) is 3.60. The molecule has 3 amide bonds. The Morgan fingerprint density at radius 1 is 1.36 bits per heavy atom. The van der Waals surface area contributed by atoms with Gasteiger partial charge >= 0.3 is 6.03 Å². The van der Waals surface area contributed by atoms with E-state index in [1.807, 2.05) is 0 Å². The topological polar surface area (TPSA) is 61.4 Å². The fraction of sp³-hybridized carbons (Fsp3) is 0.375. The Kier molecular flexibility index (Phi) is 5.52. The molecule has 2 rings (SSSR count). The molecule has 1 heterocycles. The molecule has 1 aliphatic heterocycles. The number of rotatable bonds is 4. The van der Waals surface area contributed by atoms with Gasteiger partial charge in [0.15, 0.2) is 0 Å². The molecule has 1 fully saturated rings. The number of anilines is 1. The maximum absolute atomic E-state index is 12.8. The molecule has 1 aliphatic rings. The third-order valence-electron chi connectivity index (χ3n) is 3.60. The molecule has 22 heavy (non-hydrogen) atoms. The number of urea groups is 1. The quantitative estimate of drug-likeness (QED) is 0.839. The number of nitrogens with one attached hydrogen (secondary N) is 2. The van der Waals surface area contributed by atoms with E-state index in [-0.39, 0.29) is 23.7 Å². The molecule has 0 aliphatic carbocycles. The van der Waals surface area contributed by atoms with Crippen LogP contribution in [0.1, 0.15) is 12.8 Å². The molecule has 118 valence electrons. The minimum absolute atomic E-state index is 0.0563. The number of nitrogens with zero attached hydrogens (tertiary/aromatic N) is 1. The number of carbonyl (C=O) groups excluding carboxylic acids is 2. The fourth-order valence-corrected chi connectivity index (χ4v) is 2.43. The molecule has 6 heteroatoms. The van der Waals surface area contributed by atoms with Crippen LogP contribution < -0.4 is 10.6 Å². The van der Waals surface area contributed by atoms with Crippen molar-refractivity contribution in [2.75, 3.05) is 25.0 Å². The Labute approximate surface area is 129 Å². The van der Waals surface area contributed by atoms with Gasteiger partial charge in [-0.25, -0.2) is 9.18 Å². The van der Waals surface area contributed by atoms with Crippen molar-refractivity contribution in [2.24, 2.45) is 5.92 Å². The highest BCUT2D eigenvalue weighted by atomic mass is 19.1. The maximum atomic E-state index is 12.8. The van der Waals surface area contributed by atoms with Crippen LogP contribution in [0.3, 0.4) is 0 Å². The molecule has 0 radical (unpaired) electrons. The highest BCUT2D eigenvalue weighted by molar-refractivity contribution is 5.90. The van der Waals surface area contributed by atoms with Gasteiger partial charge in [0.1, 0.15) is 5.82 Å². The molecule has 1 unspecified atom stereocenters. The SMILES string of the molecule is C=CCNC(=O)C1CCCN(C(=O)Nc2ccc(F)cc2)C1. The lowest BCUT2D eigenvalue weighted by Crippen LogP contribution is -2.46. The first-order valence-electron chi connectivity index (χ1n) is 7.30. The Balaban J connectivity index is 1.90. The summed E-state index contributed by atoms with van der Waals surface area (Å²) in [5.74, 6) is -0.609. The lowest BCUT2D eigenvalue weighted by atomic mass is 9.97. The summed E-state index contributed by atoms with van der Waals surface area (Å²) < 4.78 is 12.8. The molecule has 1 saturated heterocycles. The fourth-order valence-electron chi connectivity index (χ4n) is 2.43. The standard InChI is InChI=1S/C16H20FN3O2/c1-2-9-18-15(21)12-4-3-10-20(11-12)16(22)19-14-7-5-13(17)6-8-14/h2,5-8,12H,1,3-4,9-11H2,(H,18,21)(H,19,22). The van der Waals surface area contributed by atoms with E-state index in [4.69, 9.17) is 0 Å². The van der Waals surface area contributed by atoms with Crippen LogP contribution in [0.25, 0.3) is 0 Å². The summed E-state index contributed by atoms with van der Waals surface area (Å²) in [7, 11) is 0. The van der Waals surface area contributed by atoms with Crippen molar-refractivity contribution in [3.8, 4) is 0 Å². The number of hydrogen-bond acceptors (Lipinski definition) is 2. The number of hydrogen-bond donors (Lipinski definition) is 2. The molecular formula is C16H20FN3O2. The Morgan fingerprint density at radius 2 is 2.09 bits per heavy atom. The van der Waals surface area contributed by atoms with Crippen LogP contribution in [0.15, 0.2) is 36.9 Å². The minimum Gasteiger partial charge on any atom is -0.352 e. The summed E-state index contributed by atoms with van der Waals surface area (Å²) in [5.41, 5.74) is 0.532. The Bertz CT molecular complexity index is 545. The highest BCUT2D eigenvalue weighted by Gasteiger charge is 2.28. The van der Waals surface area contributed by atoms with Crippen molar-refractivity contribution in [1.29, 1.82) is 0 Å². The zero-order chi connectivity index (χ0) is 15.9. The van der Waals surface area contributed by atoms with E-state index in [9.17, 15) is 14.0 Å². The van der Waals surface area contributed by atoms with Crippen LogP contribution in [0.4, 0.5) is 14.9 Å². The molecule has 5 nitrogen and oxygen atoms in total. The lowest BCUT2D eigenvalue weighted by molar-refractivity contribution is -0.126. The average molecular weight is 305 g/mol. The number of benzene rings is 1. The number of likely N-dealkylation sites (tertiary alicyclic amines) is 1. The van der Waals surface area contributed by atoms with Gasteiger partial charge in [0.05, 0.1) is 5.92 Å². The Morgan fingerprint density at radius 3 is 2.77 bits per heavy atom. The first-order valence-corrected chi connectivity index (χ1v) is 7.30. The summed E-state index contributed by atoms with van der Waals surface area (Å²) in [4.78, 5) is 25.8. The number of carbonyl (C=O) groups is 2. The van der Waals surface area contributed by atoms with E-state index < -0.39 is 0 Å². The summed E-state index contributed by atoms with van der Waals surface area (Å²) in [6.07, 6.45) is 3.17. The minimum atomic E-state index is -0.352. The van der Waals surface area contributed by atoms with Crippen LogP contribution in [-0.2, 0) is 4.79 Å². The predicted octanol–water partition coefficient (Wildman–Crippen LogP) is 2.37. The zero-order valence-electron chi connectivity index (χ0n) is 12.3. The van der Waals surface area contributed by atoms with Crippen molar-refractivity contribution >= 4 is 17.6 Å². The summed E-state index contributed by atoms with van der Waals surface area (Å²) in [6.45, 7) is 4.98. The van der Waals surface area contributed by atoms with E-state index in [1.165, 1.54) is 24.3 Å². The number of piperidine rings is 1. The van der Waals surface area contributed by atoms with Gasteiger partial charge in [-0.1, -0.05) is 6.08 Å². The average Bonchev–Trinajstić information content (AvgIpc) is 2.54. The van der Waals surface area contributed by atoms with Gasteiger partial charge < -0.3 is 15.5 Å². The summed E-state index contributed by atoms with van der Waals surface area (Å²) >= 11 is 0. The molecule has 0 bridgehead atoms. The van der Waals surface area contributed by atoms with Gasteiger partial charge in [-0.05, 0) is 37.1 Å². The maximum Gasteiger partial charge on any atom is 0.321 e. The summed E-state index contributed by atoms with van der Waals surface area (Å²) in [6, 6.07) is 5.32. The molecule has 2 N–H and O–H groups in total. The van der Waals surface area contributed by atoms with Gasteiger partial charge in [-0.3, -0.25) is 4.79 Å². The third kappa shape index (κ3) is 4.31. The van der Waals surface area contributed by atoms with Crippen LogP contribution >= 0.6 is 0 Å². The Hall–Kier alpha value is -2.37. The largest absolute Gasteiger partial charge is 0.352 e. The molecule has 0 saturated carbocycles. The van der Waals surface area contributed by atoms with Crippen molar-refractivity contribution in [1.82, 2.24) is 10.2 Å². The first-order chi connectivity index (χ1) is 10.6. The normalized spacial score (nSPS) is 17.7. The van der Waals surface area contributed by atoms with Crippen molar-refractivity contribution in [3.63, 3.8) is 0 Å². The van der Waals surface area contributed by atoms with Gasteiger partial charge in [0.2, 0.25) is 5.91 Å². The number of halogens is 1. The second-order valence-electron chi connectivity index (χ2n) is 5.26. The van der Waals surface area contributed by atoms with E-state index in [2.05, 4.69) is 17.2 Å². The van der Waals surface area contributed by atoms with E-state index in [1.54, 1.807) is 11.0 Å². The molecule has 1 aromatic carbocycles. The van der Waals surface area contributed by atoms with Gasteiger partial charge in [-0.15, -0.1) is 6.58 Å². The highest BCUT2D eigenvalue weighted by Crippen LogP contribution is 2.18. The van der Waals surface area contributed by atoms with Crippen LogP contribution in [0.2, 0.25) is 0 Å². The van der Waals surface area contributed by atoms with Gasteiger partial charge in [0, 0.05) is 25.3 Å². The summed E-state index contributed by atoms with van der Waals surface area (Å²) in [5, 5.41) is 5.47. The van der Waals surface area contributed by atoms with E-state index in [0.29, 0.717) is 25.3 Å².